The summed E-state index contributed by atoms with van der Waals surface area (Å²) in [5, 5.41) is 6.10. The van der Waals surface area contributed by atoms with Gasteiger partial charge in [0.1, 0.15) is 6.61 Å². The highest BCUT2D eigenvalue weighted by Gasteiger charge is 2.15. The topological polar surface area (TPSA) is 63.2 Å². The number of pyridine rings is 1. The fourth-order valence-electron chi connectivity index (χ4n) is 1.80. The van der Waals surface area contributed by atoms with Gasteiger partial charge in [-0.25, -0.2) is 4.79 Å². The molecular formula is C12H17N3O2. The molecule has 2 N–H and O–H groups in total. The van der Waals surface area contributed by atoms with Crippen LogP contribution in [0.1, 0.15) is 18.5 Å². The number of piperidine rings is 1. The van der Waals surface area contributed by atoms with Crippen LogP contribution < -0.4 is 10.6 Å². The standard InChI is InChI=1S/C12H17N3O2/c16-12(15-10-4-7-13-8-5-10)17-9-11-3-1-2-6-14-11/h1-3,6,10,13H,4-5,7-9H2,(H,15,16). The highest BCUT2D eigenvalue weighted by molar-refractivity contribution is 5.67. The fourth-order valence-corrected chi connectivity index (χ4v) is 1.80. The van der Waals surface area contributed by atoms with E-state index in [9.17, 15) is 4.79 Å². The van der Waals surface area contributed by atoms with Gasteiger partial charge in [0.25, 0.3) is 0 Å². The van der Waals surface area contributed by atoms with Gasteiger partial charge in [-0.2, -0.15) is 0 Å². The summed E-state index contributed by atoms with van der Waals surface area (Å²) >= 11 is 0. The molecule has 1 saturated heterocycles. The van der Waals surface area contributed by atoms with E-state index in [-0.39, 0.29) is 18.7 Å². The number of ether oxygens (including phenoxy) is 1. The number of nitrogens with zero attached hydrogens (tertiary/aromatic N) is 1. The average molecular weight is 235 g/mol. The van der Waals surface area contributed by atoms with Crippen LogP contribution in [0.5, 0.6) is 0 Å². The van der Waals surface area contributed by atoms with Gasteiger partial charge in [-0.3, -0.25) is 4.98 Å². The van der Waals surface area contributed by atoms with E-state index in [0.29, 0.717) is 0 Å². The lowest BCUT2D eigenvalue weighted by molar-refractivity contribution is 0.132. The molecule has 0 aromatic carbocycles. The van der Waals surface area contributed by atoms with Crippen molar-refractivity contribution in [3.8, 4) is 0 Å². The van der Waals surface area contributed by atoms with Crippen molar-refractivity contribution in [2.75, 3.05) is 13.1 Å². The van der Waals surface area contributed by atoms with Gasteiger partial charge in [-0.05, 0) is 38.1 Å². The third-order valence-corrected chi connectivity index (χ3v) is 2.74. The molecule has 0 unspecified atom stereocenters. The van der Waals surface area contributed by atoms with Crippen molar-refractivity contribution in [2.45, 2.75) is 25.5 Å². The van der Waals surface area contributed by atoms with Crippen LogP contribution >= 0.6 is 0 Å². The Hall–Kier alpha value is -1.62. The van der Waals surface area contributed by atoms with Crippen LogP contribution in [-0.4, -0.2) is 30.2 Å². The Morgan fingerprint density at radius 2 is 2.29 bits per heavy atom. The molecule has 0 atom stereocenters. The van der Waals surface area contributed by atoms with E-state index in [1.54, 1.807) is 6.20 Å². The van der Waals surface area contributed by atoms with E-state index in [2.05, 4.69) is 15.6 Å². The molecule has 0 aliphatic carbocycles. The minimum Gasteiger partial charge on any atom is -0.443 e. The molecule has 5 heteroatoms. The third-order valence-electron chi connectivity index (χ3n) is 2.74. The molecule has 5 nitrogen and oxygen atoms in total. The molecule has 1 fully saturated rings. The van der Waals surface area contributed by atoms with Gasteiger partial charge in [0, 0.05) is 12.2 Å². The summed E-state index contributed by atoms with van der Waals surface area (Å²) in [5.41, 5.74) is 0.757. The number of hydrogen-bond acceptors (Lipinski definition) is 4. The lowest BCUT2D eigenvalue weighted by Crippen LogP contribution is -2.42. The number of alkyl carbamates (subject to hydrolysis) is 1. The first-order valence-corrected chi connectivity index (χ1v) is 5.88. The van der Waals surface area contributed by atoms with Crippen molar-refractivity contribution in [1.29, 1.82) is 0 Å². The minimum absolute atomic E-state index is 0.220. The van der Waals surface area contributed by atoms with E-state index < -0.39 is 0 Å². The van der Waals surface area contributed by atoms with Crippen LogP contribution in [0.15, 0.2) is 24.4 Å². The van der Waals surface area contributed by atoms with Crippen LogP contribution in [-0.2, 0) is 11.3 Å². The van der Waals surface area contributed by atoms with Gasteiger partial charge in [0.15, 0.2) is 0 Å². The van der Waals surface area contributed by atoms with Crippen molar-refractivity contribution in [3.05, 3.63) is 30.1 Å². The highest BCUT2D eigenvalue weighted by atomic mass is 16.5. The first kappa shape index (κ1) is 11.9. The Morgan fingerprint density at radius 1 is 1.47 bits per heavy atom. The van der Waals surface area contributed by atoms with Crippen molar-refractivity contribution in [1.82, 2.24) is 15.6 Å². The normalized spacial score (nSPS) is 16.5. The van der Waals surface area contributed by atoms with Crippen LogP contribution in [0.4, 0.5) is 4.79 Å². The molecule has 1 aliphatic rings. The molecule has 1 amide bonds. The van der Waals surface area contributed by atoms with E-state index >= 15 is 0 Å². The average Bonchev–Trinajstić information content (AvgIpc) is 2.39. The second-order valence-corrected chi connectivity index (χ2v) is 4.07. The van der Waals surface area contributed by atoms with E-state index in [0.717, 1.165) is 31.6 Å². The van der Waals surface area contributed by atoms with E-state index in [1.165, 1.54) is 0 Å². The quantitative estimate of drug-likeness (QED) is 0.822. The zero-order valence-electron chi connectivity index (χ0n) is 9.69. The van der Waals surface area contributed by atoms with Gasteiger partial charge in [-0.1, -0.05) is 6.07 Å². The van der Waals surface area contributed by atoms with Crippen LogP contribution in [0.2, 0.25) is 0 Å². The Morgan fingerprint density at radius 3 is 3.00 bits per heavy atom. The van der Waals surface area contributed by atoms with Crippen molar-refractivity contribution < 1.29 is 9.53 Å². The fraction of sp³-hybridized carbons (Fsp3) is 0.500. The molecular weight excluding hydrogens is 218 g/mol. The SMILES string of the molecule is O=C(NC1CCNCC1)OCc1ccccn1. The molecule has 1 aromatic heterocycles. The predicted octanol–water partition coefficient (Wildman–Crippen LogP) is 1.06. The molecule has 17 heavy (non-hydrogen) atoms. The monoisotopic (exact) mass is 235 g/mol. The molecule has 0 bridgehead atoms. The van der Waals surface area contributed by atoms with Gasteiger partial charge < -0.3 is 15.4 Å². The van der Waals surface area contributed by atoms with Crippen molar-refractivity contribution >= 4 is 6.09 Å². The summed E-state index contributed by atoms with van der Waals surface area (Å²) in [6.45, 7) is 2.12. The number of carbonyl (C=O) groups is 1. The first-order valence-electron chi connectivity index (χ1n) is 5.88. The molecule has 2 heterocycles. The number of amides is 1. The highest BCUT2D eigenvalue weighted by Crippen LogP contribution is 2.03. The van der Waals surface area contributed by atoms with Gasteiger partial charge in [0.05, 0.1) is 5.69 Å². The Labute approximate surface area is 101 Å². The molecule has 92 valence electrons. The van der Waals surface area contributed by atoms with Gasteiger partial charge in [0.2, 0.25) is 0 Å². The Balaban J connectivity index is 1.70. The zero-order chi connectivity index (χ0) is 11.9. The summed E-state index contributed by atoms with van der Waals surface area (Å²) in [5.74, 6) is 0. The van der Waals surface area contributed by atoms with Crippen molar-refractivity contribution in [3.63, 3.8) is 0 Å². The zero-order valence-corrected chi connectivity index (χ0v) is 9.69. The first-order chi connectivity index (χ1) is 8.34. The number of nitrogens with one attached hydrogen (secondary N) is 2. The summed E-state index contributed by atoms with van der Waals surface area (Å²) in [6, 6.07) is 5.76. The molecule has 1 aliphatic heterocycles. The Bertz CT molecular complexity index is 350. The second-order valence-electron chi connectivity index (χ2n) is 4.07. The van der Waals surface area contributed by atoms with Crippen LogP contribution in [0.25, 0.3) is 0 Å². The maximum Gasteiger partial charge on any atom is 0.407 e. The largest absolute Gasteiger partial charge is 0.443 e. The molecule has 0 saturated carbocycles. The lowest BCUT2D eigenvalue weighted by atomic mass is 10.1. The maximum absolute atomic E-state index is 11.5. The van der Waals surface area contributed by atoms with E-state index in [1.807, 2.05) is 18.2 Å². The number of aromatic nitrogens is 1. The molecule has 2 rings (SSSR count). The van der Waals surface area contributed by atoms with Crippen LogP contribution in [0.3, 0.4) is 0 Å². The maximum atomic E-state index is 11.5. The lowest BCUT2D eigenvalue weighted by Gasteiger charge is -2.23. The van der Waals surface area contributed by atoms with Gasteiger partial charge >= 0.3 is 6.09 Å². The third kappa shape index (κ3) is 4.03. The van der Waals surface area contributed by atoms with Gasteiger partial charge in [-0.15, -0.1) is 0 Å². The Kier molecular flexibility index (Phi) is 4.32. The predicted molar refractivity (Wildman–Crippen MR) is 63.4 cm³/mol. The van der Waals surface area contributed by atoms with E-state index in [4.69, 9.17) is 4.74 Å². The molecule has 0 spiro atoms. The van der Waals surface area contributed by atoms with Crippen LogP contribution in [0, 0.1) is 0 Å². The molecule has 0 radical (unpaired) electrons. The minimum atomic E-state index is -0.359. The summed E-state index contributed by atoms with van der Waals surface area (Å²) < 4.78 is 5.10. The van der Waals surface area contributed by atoms with Crippen molar-refractivity contribution in [2.24, 2.45) is 0 Å². The number of carbonyl (C=O) groups excluding carboxylic acids is 1. The summed E-state index contributed by atoms with van der Waals surface area (Å²) in [4.78, 5) is 15.6. The summed E-state index contributed by atoms with van der Waals surface area (Å²) in [7, 11) is 0. The smallest absolute Gasteiger partial charge is 0.407 e. The molecule has 1 aromatic rings. The number of rotatable bonds is 3. The number of hydrogen-bond donors (Lipinski definition) is 2. The summed E-state index contributed by atoms with van der Waals surface area (Å²) in [6.07, 6.45) is 3.24. The second kappa shape index (κ2) is 6.20.